The minimum atomic E-state index is -2.96. The number of nitrogens with one attached hydrogen (secondary N) is 2. The molecular weight excluding hydrogens is 356 g/mol. The van der Waals surface area contributed by atoms with Gasteiger partial charge in [0.05, 0.1) is 7.11 Å². The molecule has 0 saturated carbocycles. The zero-order chi connectivity index (χ0) is 19.8. The number of carbonyl (C=O) groups excluding carboxylic acids is 1. The number of alkyl halides is 2. The predicted molar refractivity (Wildman–Crippen MR) is 101 cm³/mol. The number of hydrogen-bond acceptors (Lipinski definition) is 4. The van der Waals surface area contributed by atoms with Crippen LogP contribution >= 0.6 is 0 Å². The third-order valence-electron chi connectivity index (χ3n) is 3.92. The number of hydrogen-bond donors (Lipinski definition) is 2. The fourth-order valence-electron chi connectivity index (χ4n) is 2.38. The first-order valence-electron chi connectivity index (χ1n) is 8.40. The van der Waals surface area contributed by atoms with Crippen molar-refractivity contribution >= 4 is 17.4 Å². The third-order valence-corrected chi connectivity index (χ3v) is 3.92. The van der Waals surface area contributed by atoms with Crippen LogP contribution in [0, 0.1) is 0 Å². The first-order valence-corrected chi connectivity index (χ1v) is 8.40. The van der Waals surface area contributed by atoms with E-state index in [9.17, 15) is 13.6 Å². The van der Waals surface area contributed by atoms with Gasteiger partial charge in [0.1, 0.15) is 0 Å². The second kappa shape index (κ2) is 9.61. The highest BCUT2D eigenvalue weighted by Crippen LogP contribution is 2.29. The maximum Gasteiger partial charge on any atom is 0.387 e. The van der Waals surface area contributed by atoms with Crippen LogP contribution in [0.25, 0.3) is 0 Å². The van der Waals surface area contributed by atoms with Gasteiger partial charge in [0.2, 0.25) is 0 Å². The lowest BCUT2D eigenvalue weighted by molar-refractivity contribution is -0.0512. The lowest BCUT2D eigenvalue weighted by Crippen LogP contribution is -2.28. The van der Waals surface area contributed by atoms with E-state index in [4.69, 9.17) is 4.74 Å². The fourth-order valence-corrected chi connectivity index (χ4v) is 2.38. The topological polar surface area (TPSA) is 62.8 Å². The number of urea groups is 1. The van der Waals surface area contributed by atoms with E-state index in [0.717, 1.165) is 12.2 Å². The number of rotatable bonds is 8. The molecular formula is C19H23F2N3O3. The van der Waals surface area contributed by atoms with Gasteiger partial charge in [-0.2, -0.15) is 8.78 Å². The molecule has 0 aliphatic carbocycles. The van der Waals surface area contributed by atoms with Crippen LogP contribution in [0.3, 0.4) is 0 Å². The van der Waals surface area contributed by atoms with E-state index in [0.29, 0.717) is 11.3 Å². The third kappa shape index (κ3) is 6.02. The van der Waals surface area contributed by atoms with Crippen LogP contribution in [0.5, 0.6) is 11.5 Å². The van der Waals surface area contributed by atoms with E-state index >= 15 is 0 Å². The van der Waals surface area contributed by atoms with Crippen molar-refractivity contribution < 1.29 is 23.0 Å². The normalized spacial score (nSPS) is 10.4. The van der Waals surface area contributed by atoms with E-state index < -0.39 is 12.6 Å². The predicted octanol–water partition coefficient (Wildman–Crippen LogP) is 4.07. The Morgan fingerprint density at radius 2 is 1.96 bits per heavy atom. The Balaban J connectivity index is 1.97. The van der Waals surface area contributed by atoms with Gasteiger partial charge in [-0.05, 0) is 42.8 Å². The molecule has 0 radical (unpaired) electrons. The summed E-state index contributed by atoms with van der Waals surface area (Å²) in [6.07, 6.45) is 0. The molecule has 0 saturated heterocycles. The van der Waals surface area contributed by atoms with Gasteiger partial charge in [-0.1, -0.05) is 12.1 Å². The van der Waals surface area contributed by atoms with Gasteiger partial charge < -0.3 is 25.0 Å². The number of anilines is 2. The molecule has 2 N–H and O–H groups in total. The van der Waals surface area contributed by atoms with Crippen LogP contribution in [0.4, 0.5) is 25.0 Å². The SMILES string of the molecule is CCN(C)c1cccc(NC(=O)NCc2ccc(OC)c(OC(F)F)c2)c1. The maximum atomic E-state index is 12.5. The summed E-state index contributed by atoms with van der Waals surface area (Å²) in [5.74, 6) is 0.114. The minimum Gasteiger partial charge on any atom is -0.493 e. The van der Waals surface area contributed by atoms with Gasteiger partial charge >= 0.3 is 12.6 Å². The van der Waals surface area contributed by atoms with E-state index in [-0.39, 0.29) is 18.0 Å². The van der Waals surface area contributed by atoms with Crippen molar-refractivity contribution in [3.8, 4) is 11.5 Å². The van der Waals surface area contributed by atoms with Crippen molar-refractivity contribution in [3.05, 3.63) is 48.0 Å². The maximum absolute atomic E-state index is 12.5. The smallest absolute Gasteiger partial charge is 0.387 e. The number of ether oxygens (including phenoxy) is 2. The molecule has 0 bridgehead atoms. The van der Waals surface area contributed by atoms with Crippen LogP contribution < -0.4 is 25.0 Å². The lowest BCUT2D eigenvalue weighted by atomic mass is 10.2. The van der Waals surface area contributed by atoms with Crippen LogP contribution in [-0.4, -0.2) is 33.3 Å². The first kappa shape index (κ1) is 20.3. The summed E-state index contributed by atoms with van der Waals surface area (Å²) in [6.45, 7) is 0.0623. The molecule has 0 heterocycles. The Morgan fingerprint density at radius 1 is 1.19 bits per heavy atom. The molecule has 6 nitrogen and oxygen atoms in total. The summed E-state index contributed by atoms with van der Waals surface area (Å²) in [7, 11) is 3.32. The lowest BCUT2D eigenvalue weighted by Gasteiger charge is -2.18. The monoisotopic (exact) mass is 379 g/mol. The highest BCUT2D eigenvalue weighted by Gasteiger charge is 2.12. The van der Waals surface area contributed by atoms with E-state index in [2.05, 4.69) is 15.4 Å². The molecule has 0 aromatic heterocycles. The van der Waals surface area contributed by atoms with Crippen LogP contribution in [0.15, 0.2) is 42.5 Å². The number of methoxy groups -OCH3 is 1. The summed E-state index contributed by atoms with van der Waals surface area (Å²) < 4.78 is 34.4. The van der Waals surface area contributed by atoms with Crippen molar-refractivity contribution in [2.45, 2.75) is 20.1 Å². The van der Waals surface area contributed by atoms with E-state index in [1.807, 2.05) is 37.1 Å². The number of benzene rings is 2. The molecule has 0 aliphatic rings. The Hall–Kier alpha value is -3.03. The van der Waals surface area contributed by atoms with Gasteiger partial charge in [0.15, 0.2) is 11.5 Å². The zero-order valence-electron chi connectivity index (χ0n) is 15.5. The molecule has 146 valence electrons. The summed E-state index contributed by atoms with van der Waals surface area (Å²) >= 11 is 0. The van der Waals surface area contributed by atoms with E-state index in [1.165, 1.54) is 19.2 Å². The quantitative estimate of drug-likeness (QED) is 0.726. The van der Waals surface area contributed by atoms with Crippen LogP contribution in [0.2, 0.25) is 0 Å². The molecule has 0 atom stereocenters. The average molecular weight is 379 g/mol. The Bertz CT molecular complexity index is 772. The number of halogens is 2. The highest BCUT2D eigenvalue weighted by atomic mass is 19.3. The molecule has 0 fully saturated rings. The molecule has 0 aliphatic heterocycles. The minimum absolute atomic E-state index is 0.0810. The number of nitrogens with zero attached hydrogens (tertiary/aromatic N) is 1. The first-order chi connectivity index (χ1) is 12.9. The summed E-state index contributed by atoms with van der Waals surface area (Å²) in [5, 5.41) is 5.43. The molecule has 2 amide bonds. The molecule has 2 aromatic rings. The molecule has 27 heavy (non-hydrogen) atoms. The van der Waals surface area contributed by atoms with Crippen molar-refractivity contribution in [3.63, 3.8) is 0 Å². The van der Waals surface area contributed by atoms with Crippen molar-refractivity contribution in [2.24, 2.45) is 0 Å². The van der Waals surface area contributed by atoms with Gasteiger partial charge in [-0.15, -0.1) is 0 Å². The van der Waals surface area contributed by atoms with Crippen molar-refractivity contribution in [2.75, 3.05) is 30.9 Å². The van der Waals surface area contributed by atoms with Crippen LogP contribution in [-0.2, 0) is 6.54 Å². The zero-order valence-corrected chi connectivity index (χ0v) is 15.5. The second-order valence-corrected chi connectivity index (χ2v) is 5.74. The van der Waals surface area contributed by atoms with Crippen molar-refractivity contribution in [1.29, 1.82) is 0 Å². The van der Waals surface area contributed by atoms with E-state index in [1.54, 1.807) is 12.1 Å². The standard InChI is InChI=1S/C19H23F2N3O3/c1-4-24(2)15-7-5-6-14(11-15)23-19(25)22-12-13-8-9-16(26-3)17(10-13)27-18(20)21/h5-11,18H,4,12H2,1-3H3,(H2,22,23,25). The molecule has 2 rings (SSSR count). The Labute approximate surface area is 157 Å². The molecule has 0 spiro atoms. The molecule has 2 aromatic carbocycles. The molecule has 0 unspecified atom stereocenters. The summed E-state index contributed by atoms with van der Waals surface area (Å²) in [4.78, 5) is 14.2. The van der Waals surface area contributed by atoms with Gasteiger partial charge in [-0.3, -0.25) is 0 Å². The summed E-state index contributed by atoms with van der Waals surface area (Å²) in [6, 6.07) is 11.6. The molecule has 8 heteroatoms. The summed E-state index contributed by atoms with van der Waals surface area (Å²) in [5.41, 5.74) is 2.24. The number of carbonyl (C=O) groups is 1. The highest BCUT2D eigenvalue weighted by molar-refractivity contribution is 5.89. The Kier molecular flexibility index (Phi) is 7.22. The van der Waals surface area contributed by atoms with Gasteiger partial charge in [0, 0.05) is 31.5 Å². The number of amides is 2. The Morgan fingerprint density at radius 3 is 2.63 bits per heavy atom. The van der Waals surface area contributed by atoms with Gasteiger partial charge in [0.25, 0.3) is 0 Å². The fraction of sp³-hybridized carbons (Fsp3) is 0.316. The second-order valence-electron chi connectivity index (χ2n) is 5.74. The largest absolute Gasteiger partial charge is 0.493 e. The van der Waals surface area contributed by atoms with Gasteiger partial charge in [-0.25, -0.2) is 4.79 Å². The average Bonchev–Trinajstić information content (AvgIpc) is 2.65. The van der Waals surface area contributed by atoms with Crippen LogP contribution in [0.1, 0.15) is 12.5 Å². The van der Waals surface area contributed by atoms with Crippen molar-refractivity contribution in [1.82, 2.24) is 5.32 Å².